The predicted molar refractivity (Wildman–Crippen MR) is 107 cm³/mol. The van der Waals surface area contributed by atoms with E-state index < -0.39 is 0 Å². The lowest BCUT2D eigenvalue weighted by Gasteiger charge is -2.12. The lowest BCUT2D eigenvalue weighted by Crippen LogP contribution is -2.08. The van der Waals surface area contributed by atoms with Crippen LogP contribution in [0.3, 0.4) is 0 Å². The van der Waals surface area contributed by atoms with Gasteiger partial charge >= 0.3 is 0 Å². The molecular formula is C22H19FN4. The summed E-state index contributed by atoms with van der Waals surface area (Å²) in [7, 11) is 0. The van der Waals surface area contributed by atoms with Gasteiger partial charge in [0, 0.05) is 18.5 Å². The second-order valence-corrected chi connectivity index (χ2v) is 6.23. The van der Waals surface area contributed by atoms with Gasteiger partial charge in [0.15, 0.2) is 0 Å². The van der Waals surface area contributed by atoms with Crippen LogP contribution in [-0.4, -0.2) is 9.97 Å². The molecule has 0 radical (unpaired) electrons. The summed E-state index contributed by atoms with van der Waals surface area (Å²) in [4.78, 5) is 9.23. The fraction of sp³-hybridized carbons (Fsp3) is 0.0909. The van der Waals surface area contributed by atoms with Crippen molar-refractivity contribution in [2.24, 2.45) is 0 Å². The minimum atomic E-state index is -0.242. The van der Waals surface area contributed by atoms with Gasteiger partial charge in [-0.2, -0.15) is 4.98 Å². The van der Waals surface area contributed by atoms with Crippen LogP contribution < -0.4 is 10.6 Å². The number of benzene rings is 3. The molecule has 3 aromatic carbocycles. The molecule has 1 aromatic heterocycles. The van der Waals surface area contributed by atoms with Gasteiger partial charge in [-0.15, -0.1) is 0 Å². The first-order valence-corrected chi connectivity index (χ1v) is 8.81. The van der Waals surface area contributed by atoms with Gasteiger partial charge in [0.05, 0.1) is 5.52 Å². The third kappa shape index (κ3) is 4.20. The highest BCUT2D eigenvalue weighted by molar-refractivity contribution is 5.90. The van der Waals surface area contributed by atoms with Gasteiger partial charge in [-0.1, -0.05) is 54.6 Å². The maximum Gasteiger partial charge on any atom is 0.225 e. The van der Waals surface area contributed by atoms with Crippen molar-refractivity contribution in [3.05, 3.63) is 95.8 Å². The van der Waals surface area contributed by atoms with Gasteiger partial charge in [-0.25, -0.2) is 9.37 Å². The van der Waals surface area contributed by atoms with Crippen LogP contribution in [0, 0.1) is 5.82 Å². The standard InChI is InChI=1S/C22H19FN4/c23-18-12-10-17(11-13-18)15-25-22-26-20-9-5-4-8-19(20)21(27-22)24-14-16-6-2-1-3-7-16/h1-13H,14-15H2,(H2,24,25,26,27). The number of nitrogens with zero attached hydrogens (tertiary/aromatic N) is 2. The van der Waals surface area contributed by atoms with Gasteiger partial charge in [-0.05, 0) is 35.4 Å². The zero-order chi connectivity index (χ0) is 18.5. The topological polar surface area (TPSA) is 49.8 Å². The molecule has 0 fully saturated rings. The van der Waals surface area contributed by atoms with Gasteiger partial charge in [0.1, 0.15) is 11.6 Å². The van der Waals surface area contributed by atoms with Crippen LogP contribution in [0.25, 0.3) is 10.9 Å². The molecule has 0 bridgehead atoms. The molecular weight excluding hydrogens is 339 g/mol. The van der Waals surface area contributed by atoms with Gasteiger partial charge in [0.2, 0.25) is 5.95 Å². The highest BCUT2D eigenvalue weighted by Gasteiger charge is 2.07. The molecule has 0 unspecified atom stereocenters. The average molecular weight is 358 g/mol. The average Bonchev–Trinajstić information content (AvgIpc) is 2.72. The normalized spacial score (nSPS) is 10.7. The Balaban J connectivity index is 1.56. The fourth-order valence-electron chi connectivity index (χ4n) is 2.86. The third-order valence-corrected chi connectivity index (χ3v) is 4.27. The zero-order valence-electron chi connectivity index (χ0n) is 14.7. The van der Waals surface area contributed by atoms with Crippen LogP contribution in [0.5, 0.6) is 0 Å². The molecule has 4 rings (SSSR count). The van der Waals surface area contributed by atoms with Crippen molar-refractivity contribution in [1.82, 2.24) is 9.97 Å². The highest BCUT2D eigenvalue weighted by atomic mass is 19.1. The first kappa shape index (κ1) is 17.0. The Kier molecular flexibility index (Phi) is 4.92. The first-order valence-electron chi connectivity index (χ1n) is 8.81. The fourth-order valence-corrected chi connectivity index (χ4v) is 2.86. The van der Waals surface area contributed by atoms with Crippen molar-refractivity contribution in [2.75, 3.05) is 10.6 Å². The molecule has 0 aliphatic heterocycles. The molecule has 4 aromatic rings. The Labute approximate surface area is 157 Å². The molecule has 134 valence electrons. The molecule has 2 N–H and O–H groups in total. The zero-order valence-corrected chi connectivity index (χ0v) is 14.7. The summed E-state index contributed by atoms with van der Waals surface area (Å²) in [5.41, 5.74) is 3.01. The van der Waals surface area contributed by atoms with Crippen molar-refractivity contribution in [3.63, 3.8) is 0 Å². The molecule has 0 aliphatic rings. The lowest BCUT2D eigenvalue weighted by atomic mass is 10.2. The Morgan fingerprint density at radius 2 is 1.33 bits per heavy atom. The maximum atomic E-state index is 13.0. The number of hydrogen-bond acceptors (Lipinski definition) is 4. The molecule has 0 saturated heterocycles. The quantitative estimate of drug-likeness (QED) is 0.510. The minimum absolute atomic E-state index is 0.242. The number of anilines is 2. The number of rotatable bonds is 6. The smallest absolute Gasteiger partial charge is 0.225 e. The van der Waals surface area contributed by atoms with Crippen LogP contribution in [0.15, 0.2) is 78.9 Å². The summed E-state index contributed by atoms with van der Waals surface area (Å²) in [6.45, 7) is 1.20. The van der Waals surface area contributed by atoms with Crippen molar-refractivity contribution >= 4 is 22.7 Å². The molecule has 4 nitrogen and oxygen atoms in total. The summed E-state index contributed by atoms with van der Waals surface area (Å²) in [5, 5.41) is 7.61. The van der Waals surface area contributed by atoms with E-state index in [9.17, 15) is 4.39 Å². The summed E-state index contributed by atoms with van der Waals surface area (Å²) >= 11 is 0. The Hall–Kier alpha value is -3.47. The number of nitrogens with one attached hydrogen (secondary N) is 2. The van der Waals surface area contributed by atoms with E-state index in [2.05, 4.69) is 32.7 Å². The van der Waals surface area contributed by atoms with E-state index in [1.807, 2.05) is 42.5 Å². The largest absolute Gasteiger partial charge is 0.365 e. The molecule has 0 amide bonds. The Morgan fingerprint density at radius 3 is 2.15 bits per heavy atom. The molecule has 0 spiro atoms. The summed E-state index contributed by atoms with van der Waals surface area (Å²) < 4.78 is 13.0. The lowest BCUT2D eigenvalue weighted by molar-refractivity contribution is 0.627. The summed E-state index contributed by atoms with van der Waals surface area (Å²) in [5.74, 6) is 1.08. The second kappa shape index (κ2) is 7.83. The predicted octanol–water partition coefficient (Wildman–Crippen LogP) is 4.99. The minimum Gasteiger partial charge on any atom is -0.365 e. The third-order valence-electron chi connectivity index (χ3n) is 4.27. The monoisotopic (exact) mass is 358 g/mol. The van der Waals surface area contributed by atoms with E-state index in [1.54, 1.807) is 12.1 Å². The van der Waals surface area contributed by atoms with Gasteiger partial charge < -0.3 is 10.6 Å². The molecule has 5 heteroatoms. The van der Waals surface area contributed by atoms with Crippen LogP contribution >= 0.6 is 0 Å². The maximum absolute atomic E-state index is 13.0. The summed E-state index contributed by atoms with van der Waals surface area (Å²) in [6, 6.07) is 24.5. The van der Waals surface area contributed by atoms with Crippen LogP contribution in [0.4, 0.5) is 16.2 Å². The number of aromatic nitrogens is 2. The highest BCUT2D eigenvalue weighted by Crippen LogP contribution is 2.22. The van der Waals surface area contributed by atoms with Gasteiger partial charge in [0.25, 0.3) is 0 Å². The molecule has 0 aliphatic carbocycles. The van der Waals surface area contributed by atoms with Crippen LogP contribution in [0.2, 0.25) is 0 Å². The Morgan fingerprint density at radius 1 is 0.667 bits per heavy atom. The van der Waals surface area contributed by atoms with E-state index in [4.69, 9.17) is 0 Å². The second-order valence-electron chi connectivity index (χ2n) is 6.23. The van der Waals surface area contributed by atoms with Crippen molar-refractivity contribution in [2.45, 2.75) is 13.1 Å². The molecule has 1 heterocycles. The number of halogens is 1. The molecule has 0 atom stereocenters. The van der Waals surface area contributed by atoms with E-state index in [0.717, 1.165) is 22.3 Å². The van der Waals surface area contributed by atoms with E-state index in [0.29, 0.717) is 19.0 Å². The van der Waals surface area contributed by atoms with Crippen LogP contribution in [0.1, 0.15) is 11.1 Å². The van der Waals surface area contributed by atoms with E-state index >= 15 is 0 Å². The van der Waals surface area contributed by atoms with Crippen LogP contribution in [-0.2, 0) is 13.1 Å². The number of fused-ring (bicyclic) bond motifs is 1. The SMILES string of the molecule is Fc1ccc(CNc2nc(NCc3ccccc3)c3ccccc3n2)cc1. The summed E-state index contributed by atoms with van der Waals surface area (Å²) in [6.07, 6.45) is 0. The van der Waals surface area contributed by atoms with Crippen molar-refractivity contribution in [1.29, 1.82) is 0 Å². The van der Waals surface area contributed by atoms with E-state index in [-0.39, 0.29) is 5.82 Å². The van der Waals surface area contributed by atoms with Gasteiger partial charge in [-0.3, -0.25) is 0 Å². The first-order chi connectivity index (χ1) is 13.3. The Bertz CT molecular complexity index is 1030. The van der Waals surface area contributed by atoms with Crippen molar-refractivity contribution in [3.8, 4) is 0 Å². The van der Waals surface area contributed by atoms with Crippen molar-refractivity contribution < 1.29 is 4.39 Å². The number of para-hydroxylation sites is 1. The van der Waals surface area contributed by atoms with E-state index in [1.165, 1.54) is 17.7 Å². The number of hydrogen-bond donors (Lipinski definition) is 2. The molecule has 27 heavy (non-hydrogen) atoms. The molecule has 0 saturated carbocycles.